The monoisotopic (exact) mass is 473 g/mol. The van der Waals surface area contributed by atoms with E-state index in [1.165, 1.54) is 6.92 Å². The highest BCUT2D eigenvalue weighted by molar-refractivity contribution is 6.04. The van der Waals surface area contributed by atoms with E-state index in [4.69, 9.17) is 4.98 Å². The molecule has 0 aliphatic carbocycles. The van der Waals surface area contributed by atoms with Crippen LogP contribution in [-0.2, 0) is 22.6 Å². The summed E-state index contributed by atoms with van der Waals surface area (Å²) in [4.78, 5) is 60.1. The number of likely N-dealkylation sites (tertiary alicyclic amines) is 1. The molecule has 0 unspecified atom stereocenters. The van der Waals surface area contributed by atoms with Crippen LogP contribution in [0.1, 0.15) is 38.1 Å². The second-order valence-corrected chi connectivity index (χ2v) is 9.21. The van der Waals surface area contributed by atoms with Crippen LogP contribution in [-0.4, -0.2) is 73.6 Å². The third kappa shape index (κ3) is 4.31. The number of piperidine rings is 1. The van der Waals surface area contributed by atoms with Gasteiger partial charge < -0.3 is 9.80 Å². The topological polar surface area (TPSA) is 112 Å². The number of hydrogen-bond donors (Lipinski definition) is 0. The molecule has 10 heteroatoms. The summed E-state index contributed by atoms with van der Waals surface area (Å²) in [5.74, 6) is 0.532. The van der Waals surface area contributed by atoms with E-state index in [2.05, 4.69) is 15.0 Å². The smallest absolute Gasteiger partial charge is 0.324 e. The van der Waals surface area contributed by atoms with Crippen molar-refractivity contribution in [3.05, 3.63) is 42.1 Å². The molecule has 1 saturated heterocycles. The molecule has 180 valence electrons. The molecule has 3 aromatic heterocycles. The first-order valence-corrected chi connectivity index (χ1v) is 11.7. The zero-order chi connectivity index (χ0) is 24.7. The minimum absolute atomic E-state index is 0.00291. The fraction of sp³-hybridized carbons (Fsp3) is 0.400. The highest BCUT2D eigenvalue weighted by Crippen LogP contribution is 2.37. The molecule has 0 aromatic carbocycles. The van der Waals surface area contributed by atoms with Gasteiger partial charge >= 0.3 is 6.03 Å². The van der Waals surface area contributed by atoms with Crippen molar-refractivity contribution in [3.63, 3.8) is 0 Å². The van der Waals surface area contributed by atoms with E-state index in [0.717, 1.165) is 16.8 Å². The molecule has 0 bridgehead atoms. The van der Waals surface area contributed by atoms with Crippen LogP contribution in [0, 0.1) is 0 Å². The van der Waals surface area contributed by atoms with E-state index in [1.807, 2.05) is 28.1 Å². The van der Waals surface area contributed by atoms with E-state index in [-0.39, 0.29) is 30.2 Å². The largest absolute Gasteiger partial charge is 0.343 e. The van der Waals surface area contributed by atoms with Crippen LogP contribution in [0.25, 0.3) is 22.3 Å². The third-order valence-corrected chi connectivity index (χ3v) is 6.63. The van der Waals surface area contributed by atoms with E-state index >= 15 is 0 Å². The molecule has 3 aromatic rings. The average molecular weight is 474 g/mol. The normalized spacial score (nSPS) is 16.5. The number of pyridine rings is 2. The van der Waals surface area contributed by atoms with Crippen LogP contribution in [0.2, 0.25) is 0 Å². The SMILES string of the molecule is CC(=O)Cc1ncc(-c2ccc3ncc4c(c3n2)N(C2CCN(C(C)=O)CC2)C(=O)N(C)C4)cn1. The van der Waals surface area contributed by atoms with Gasteiger partial charge in [0.05, 0.1) is 29.9 Å². The summed E-state index contributed by atoms with van der Waals surface area (Å²) >= 11 is 0. The molecule has 1 fully saturated rings. The van der Waals surface area contributed by atoms with Crippen LogP contribution in [0.3, 0.4) is 0 Å². The Hall–Kier alpha value is -3.95. The number of fused-ring (bicyclic) bond motifs is 3. The Labute approximate surface area is 203 Å². The fourth-order valence-electron chi connectivity index (χ4n) is 4.82. The molecule has 0 N–H and O–H groups in total. The number of Topliss-reactive ketones (excluding diaryl/α,β-unsaturated/α-hetero) is 1. The Balaban J connectivity index is 1.56. The number of amides is 3. The van der Waals surface area contributed by atoms with Crippen molar-refractivity contribution in [2.24, 2.45) is 0 Å². The first kappa shape index (κ1) is 22.8. The molecule has 3 amide bonds. The van der Waals surface area contributed by atoms with Crippen LogP contribution in [0.5, 0.6) is 0 Å². The van der Waals surface area contributed by atoms with Crippen molar-refractivity contribution in [2.75, 3.05) is 25.0 Å². The summed E-state index contributed by atoms with van der Waals surface area (Å²) in [5, 5.41) is 0. The van der Waals surface area contributed by atoms with E-state index in [9.17, 15) is 14.4 Å². The standard InChI is InChI=1S/C25H27N7O3/c1-15(33)10-22-27-11-17(12-28-22)20-4-5-21-23(29-20)24-18(13-26-21)14-30(3)25(35)32(24)19-6-8-31(9-7-19)16(2)34/h4-5,11-13,19H,6-10,14H2,1-3H3. The Morgan fingerprint density at radius 2 is 1.74 bits per heavy atom. The molecule has 0 spiro atoms. The summed E-state index contributed by atoms with van der Waals surface area (Å²) in [7, 11) is 1.79. The predicted octanol–water partition coefficient (Wildman–Crippen LogP) is 2.60. The van der Waals surface area contributed by atoms with Crippen LogP contribution >= 0.6 is 0 Å². The maximum atomic E-state index is 13.4. The number of ketones is 1. The van der Waals surface area contributed by atoms with Crippen molar-refractivity contribution in [3.8, 4) is 11.3 Å². The van der Waals surface area contributed by atoms with Gasteiger partial charge in [-0.05, 0) is 31.9 Å². The third-order valence-electron chi connectivity index (χ3n) is 6.63. The lowest BCUT2D eigenvalue weighted by Crippen LogP contribution is -2.54. The Morgan fingerprint density at radius 3 is 2.40 bits per heavy atom. The van der Waals surface area contributed by atoms with Gasteiger partial charge in [-0.2, -0.15) is 0 Å². The number of carbonyl (C=O) groups excluding carboxylic acids is 3. The Kier molecular flexibility index (Phi) is 5.88. The molecule has 5 rings (SSSR count). The quantitative estimate of drug-likeness (QED) is 0.572. The molecular weight excluding hydrogens is 446 g/mol. The minimum Gasteiger partial charge on any atom is -0.343 e. The van der Waals surface area contributed by atoms with Crippen LogP contribution in [0.4, 0.5) is 10.5 Å². The number of nitrogens with zero attached hydrogens (tertiary/aromatic N) is 7. The lowest BCUT2D eigenvalue weighted by atomic mass is 9.99. The average Bonchev–Trinajstić information content (AvgIpc) is 2.85. The van der Waals surface area contributed by atoms with E-state index in [1.54, 1.807) is 31.3 Å². The van der Waals surface area contributed by atoms with E-state index in [0.29, 0.717) is 55.0 Å². The first-order chi connectivity index (χ1) is 16.8. The maximum Gasteiger partial charge on any atom is 0.324 e. The number of urea groups is 1. The Morgan fingerprint density at radius 1 is 1.03 bits per heavy atom. The van der Waals surface area contributed by atoms with Gasteiger partial charge in [0, 0.05) is 62.8 Å². The van der Waals surface area contributed by atoms with Gasteiger partial charge in [-0.3, -0.25) is 19.5 Å². The first-order valence-electron chi connectivity index (χ1n) is 11.7. The van der Waals surface area contributed by atoms with Crippen molar-refractivity contribution in [1.29, 1.82) is 0 Å². The number of anilines is 1. The van der Waals surface area contributed by atoms with E-state index < -0.39 is 0 Å². The summed E-state index contributed by atoms with van der Waals surface area (Å²) in [6, 6.07) is 3.64. The highest BCUT2D eigenvalue weighted by Gasteiger charge is 2.37. The number of carbonyl (C=O) groups is 3. The summed E-state index contributed by atoms with van der Waals surface area (Å²) < 4.78 is 0. The Bertz CT molecular complexity index is 1320. The summed E-state index contributed by atoms with van der Waals surface area (Å²) in [5.41, 5.74) is 4.47. The lowest BCUT2D eigenvalue weighted by molar-refractivity contribution is -0.129. The second kappa shape index (κ2) is 9.01. The van der Waals surface area contributed by atoms with Gasteiger partial charge in [0.15, 0.2) is 0 Å². The van der Waals surface area contributed by atoms with Gasteiger partial charge in [0.25, 0.3) is 0 Å². The van der Waals surface area contributed by atoms with Gasteiger partial charge in [0.2, 0.25) is 5.91 Å². The van der Waals surface area contributed by atoms with Crippen LogP contribution in [0.15, 0.2) is 30.7 Å². The number of hydrogen-bond acceptors (Lipinski definition) is 7. The predicted molar refractivity (Wildman–Crippen MR) is 130 cm³/mol. The molecule has 0 saturated carbocycles. The molecule has 2 aliphatic heterocycles. The minimum atomic E-state index is -0.0737. The second-order valence-electron chi connectivity index (χ2n) is 9.21. The van der Waals surface area contributed by atoms with Crippen molar-refractivity contribution >= 4 is 34.4 Å². The molecule has 0 radical (unpaired) electrons. The zero-order valence-corrected chi connectivity index (χ0v) is 20.1. The molecule has 0 atom stereocenters. The molecule has 2 aliphatic rings. The van der Waals surface area contributed by atoms with Crippen LogP contribution < -0.4 is 4.90 Å². The number of aromatic nitrogens is 4. The van der Waals surface area contributed by atoms with Crippen molar-refractivity contribution in [1.82, 2.24) is 29.7 Å². The van der Waals surface area contributed by atoms with Crippen molar-refractivity contribution < 1.29 is 14.4 Å². The van der Waals surface area contributed by atoms with Gasteiger partial charge in [-0.15, -0.1) is 0 Å². The van der Waals surface area contributed by atoms with Gasteiger partial charge in [-0.1, -0.05) is 0 Å². The zero-order valence-electron chi connectivity index (χ0n) is 20.1. The molecule has 10 nitrogen and oxygen atoms in total. The molecule has 35 heavy (non-hydrogen) atoms. The fourth-order valence-corrected chi connectivity index (χ4v) is 4.82. The maximum absolute atomic E-state index is 13.4. The van der Waals surface area contributed by atoms with Gasteiger partial charge in [-0.25, -0.2) is 19.7 Å². The van der Waals surface area contributed by atoms with Gasteiger partial charge in [0.1, 0.15) is 17.1 Å². The molecular formula is C25H27N7O3. The lowest BCUT2D eigenvalue weighted by Gasteiger charge is -2.43. The van der Waals surface area contributed by atoms with Crippen molar-refractivity contribution in [2.45, 2.75) is 45.7 Å². The summed E-state index contributed by atoms with van der Waals surface area (Å²) in [6.07, 6.45) is 6.74. The molecule has 5 heterocycles. The number of rotatable bonds is 4. The summed E-state index contributed by atoms with van der Waals surface area (Å²) in [6.45, 7) is 4.78. The highest BCUT2D eigenvalue weighted by atomic mass is 16.2.